The van der Waals surface area contributed by atoms with Gasteiger partial charge in [0.05, 0.1) is 5.56 Å². The second-order valence-electron chi connectivity index (χ2n) is 4.93. The summed E-state index contributed by atoms with van der Waals surface area (Å²) in [7, 11) is 0. The first-order chi connectivity index (χ1) is 10.9. The van der Waals surface area contributed by atoms with Crippen molar-refractivity contribution in [1.82, 2.24) is 0 Å². The highest BCUT2D eigenvalue weighted by molar-refractivity contribution is 9.10. The van der Waals surface area contributed by atoms with Crippen molar-refractivity contribution in [1.29, 1.82) is 0 Å². The molecule has 0 bridgehead atoms. The van der Waals surface area contributed by atoms with Crippen molar-refractivity contribution in [2.45, 2.75) is 20.3 Å². The van der Waals surface area contributed by atoms with E-state index in [1.807, 2.05) is 38.1 Å². The maximum absolute atomic E-state index is 12.1. The van der Waals surface area contributed by atoms with E-state index in [2.05, 4.69) is 21.2 Å². The number of halogens is 1. The van der Waals surface area contributed by atoms with E-state index in [1.54, 1.807) is 6.08 Å². The summed E-state index contributed by atoms with van der Waals surface area (Å²) in [4.78, 5) is 24.7. The van der Waals surface area contributed by atoms with Gasteiger partial charge in [-0.3, -0.25) is 9.59 Å². The van der Waals surface area contributed by atoms with Crippen LogP contribution in [0.1, 0.15) is 33.3 Å². The fourth-order valence-electron chi connectivity index (χ4n) is 2.25. The Morgan fingerprint density at radius 3 is 2.52 bits per heavy atom. The molecule has 2 amide bonds. The number of hydrogen-bond donors (Lipinski definition) is 2. The van der Waals surface area contributed by atoms with Crippen LogP contribution in [0, 0.1) is 6.92 Å². The average Bonchev–Trinajstić information content (AvgIpc) is 2.82. The van der Waals surface area contributed by atoms with Crippen molar-refractivity contribution in [2.24, 2.45) is 5.73 Å². The summed E-state index contributed by atoms with van der Waals surface area (Å²) in [6.07, 6.45) is 3.85. The molecular formula is C17H17BrN2O2S. The smallest absolute Gasteiger partial charge is 0.251 e. The zero-order valence-corrected chi connectivity index (χ0v) is 15.3. The zero-order chi connectivity index (χ0) is 17.0. The number of nitrogens with one attached hydrogen (secondary N) is 1. The molecule has 3 N–H and O–H groups in total. The first-order valence-corrected chi connectivity index (χ1v) is 8.70. The largest absolute Gasteiger partial charge is 0.365 e. The normalized spacial score (nSPS) is 10.9. The molecule has 0 atom stereocenters. The second kappa shape index (κ2) is 7.57. The molecule has 0 aliphatic carbocycles. The molecule has 1 aromatic heterocycles. The number of hydrogen-bond acceptors (Lipinski definition) is 3. The molecule has 0 aliphatic heterocycles. The highest BCUT2D eigenvalue weighted by atomic mass is 79.9. The molecule has 1 heterocycles. The SMILES string of the molecule is CCc1c(C)sc(NC(=O)/C=C/c2ccc(Br)cc2)c1C(N)=O. The third-order valence-corrected chi connectivity index (χ3v) is 4.93. The third kappa shape index (κ3) is 4.30. The van der Waals surface area contributed by atoms with Crippen molar-refractivity contribution < 1.29 is 9.59 Å². The van der Waals surface area contributed by atoms with Crippen LogP contribution in [0.5, 0.6) is 0 Å². The van der Waals surface area contributed by atoms with Crippen molar-refractivity contribution in [3.63, 3.8) is 0 Å². The van der Waals surface area contributed by atoms with Crippen LogP contribution in [0.2, 0.25) is 0 Å². The first-order valence-electron chi connectivity index (χ1n) is 7.09. The van der Waals surface area contributed by atoms with Gasteiger partial charge in [-0.25, -0.2) is 0 Å². The van der Waals surface area contributed by atoms with Gasteiger partial charge in [0.1, 0.15) is 5.00 Å². The van der Waals surface area contributed by atoms with E-state index in [0.717, 1.165) is 20.5 Å². The Bertz CT molecular complexity index is 764. The van der Waals surface area contributed by atoms with Gasteiger partial charge in [0.25, 0.3) is 5.91 Å². The molecule has 23 heavy (non-hydrogen) atoms. The molecule has 0 fully saturated rings. The van der Waals surface area contributed by atoms with Crippen LogP contribution in [0.4, 0.5) is 5.00 Å². The molecule has 0 spiro atoms. The molecule has 0 radical (unpaired) electrons. The van der Waals surface area contributed by atoms with Crippen LogP contribution < -0.4 is 11.1 Å². The van der Waals surface area contributed by atoms with E-state index in [-0.39, 0.29) is 5.91 Å². The predicted octanol–water partition coefficient (Wildman–Crippen LogP) is 4.13. The van der Waals surface area contributed by atoms with Gasteiger partial charge in [-0.2, -0.15) is 0 Å². The Morgan fingerprint density at radius 1 is 1.30 bits per heavy atom. The number of primary amides is 1. The molecule has 1 aromatic carbocycles. The number of rotatable bonds is 5. The maximum Gasteiger partial charge on any atom is 0.251 e. The van der Waals surface area contributed by atoms with Crippen molar-refractivity contribution in [2.75, 3.05) is 5.32 Å². The molecule has 2 rings (SSSR count). The quantitative estimate of drug-likeness (QED) is 0.750. The predicted molar refractivity (Wildman–Crippen MR) is 98.8 cm³/mol. The molecule has 2 aromatic rings. The van der Waals surface area contributed by atoms with Crippen molar-refractivity contribution >= 4 is 50.2 Å². The van der Waals surface area contributed by atoms with Crippen LogP contribution in [-0.2, 0) is 11.2 Å². The molecule has 0 aliphatic rings. The summed E-state index contributed by atoms with van der Waals surface area (Å²) in [6, 6.07) is 7.60. The number of carbonyl (C=O) groups excluding carboxylic acids is 2. The number of thiophene rings is 1. The fourth-order valence-corrected chi connectivity index (χ4v) is 3.67. The lowest BCUT2D eigenvalue weighted by Crippen LogP contribution is -2.16. The molecule has 0 saturated heterocycles. The Balaban J connectivity index is 2.17. The molecular weight excluding hydrogens is 376 g/mol. The number of benzene rings is 1. The van der Waals surface area contributed by atoms with Gasteiger partial charge in [0.2, 0.25) is 5.91 Å². The van der Waals surface area contributed by atoms with E-state index in [1.165, 1.54) is 17.4 Å². The number of nitrogens with two attached hydrogens (primary N) is 1. The van der Waals surface area contributed by atoms with Crippen LogP contribution in [0.15, 0.2) is 34.8 Å². The van der Waals surface area contributed by atoms with Crippen molar-refractivity contribution in [3.8, 4) is 0 Å². The van der Waals surface area contributed by atoms with Gasteiger partial charge in [0, 0.05) is 15.4 Å². The van der Waals surface area contributed by atoms with Crippen molar-refractivity contribution in [3.05, 3.63) is 56.4 Å². The Morgan fingerprint density at radius 2 is 1.96 bits per heavy atom. The van der Waals surface area contributed by atoms with E-state index < -0.39 is 5.91 Å². The number of amides is 2. The van der Waals surface area contributed by atoms with E-state index in [4.69, 9.17) is 5.73 Å². The van der Waals surface area contributed by atoms with Crippen LogP contribution in [0.3, 0.4) is 0 Å². The van der Waals surface area contributed by atoms with Crippen LogP contribution in [0.25, 0.3) is 6.08 Å². The fraction of sp³-hybridized carbons (Fsp3) is 0.176. The Labute approximate surface area is 147 Å². The summed E-state index contributed by atoms with van der Waals surface area (Å²) in [5.41, 5.74) is 7.68. The maximum atomic E-state index is 12.1. The highest BCUT2D eigenvalue weighted by Crippen LogP contribution is 2.33. The minimum Gasteiger partial charge on any atom is -0.365 e. The minimum atomic E-state index is -0.515. The lowest BCUT2D eigenvalue weighted by Gasteiger charge is -2.03. The van der Waals surface area contributed by atoms with Gasteiger partial charge in [-0.1, -0.05) is 35.0 Å². The van der Waals surface area contributed by atoms with Gasteiger partial charge in [0.15, 0.2) is 0 Å². The lowest BCUT2D eigenvalue weighted by atomic mass is 10.1. The Hall–Kier alpha value is -1.92. The van der Waals surface area contributed by atoms with Gasteiger partial charge in [-0.15, -0.1) is 11.3 Å². The molecule has 120 valence electrons. The summed E-state index contributed by atoms with van der Waals surface area (Å²) < 4.78 is 0.978. The van der Waals surface area contributed by atoms with E-state index >= 15 is 0 Å². The first kappa shape index (κ1) is 17.4. The highest BCUT2D eigenvalue weighted by Gasteiger charge is 2.19. The van der Waals surface area contributed by atoms with E-state index in [0.29, 0.717) is 17.0 Å². The standard InChI is InChI=1S/C17H17BrN2O2S/c1-3-13-10(2)23-17(15(13)16(19)22)20-14(21)9-6-11-4-7-12(18)8-5-11/h4-9H,3H2,1-2H3,(H2,19,22)(H,20,21)/b9-6+. The third-order valence-electron chi connectivity index (χ3n) is 3.34. The summed E-state index contributed by atoms with van der Waals surface area (Å²) in [5, 5.41) is 3.26. The number of carbonyl (C=O) groups is 2. The zero-order valence-electron chi connectivity index (χ0n) is 12.9. The van der Waals surface area contributed by atoms with Gasteiger partial charge < -0.3 is 11.1 Å². The summed E-state index contributed by atoms with van der Waals surface area (Å²) in [6.45, 7) is 3.88. The summed E-state index contributed by atoms with van der Waals surface area (Å²) in [5.74, 6) is -0.808. The average molecular weight is 393 g/mol. The Kier molecular flexibility index (Phi) is 5.74. The topological polar surface area (TPSA) is 72.2 Å². The van der Waals surface area contributed by atoms with Crippen LogP contribution >= 0.6 is 27.3 Å². The molecule has 0 saturated carbocycles. The number of anilines is 1. The molecule has 0 unspecified atom stereocenters. The van der Waals surface area contributed by atoms with Gasteiger partial charge in [-0.05, 0) is 42.7 Å². The lowest BCUT2D eigenvalue weighted by molar-refractivity contribution is -0.111. The number of aryl methyl sites for hydroxylation is 1. The monoisotopic (exact) mass is 392 g/mol. The minimum absolute atomic E-state index is 0.292. The molecule has 6 heteroatoms. The van der Waals surface area contributed by atoms with Gasteiger partial charge >= 0.3 is 0 Å². The molecule has 4 nitrogen and oxygen atoms in total. The van der Waals surface area contributed by atoms with E-state index in [9.17, 15) is 9.59 Å². The summed E-state index contributed by atoms with van der Waals surface area (Å²) >= 11 is 4.73. The second-order valence-corrected chi connectivity index (χ2v) is 7.07. The van der Waals surface area contributed by atoms with Crippen LogP contribution in [-0.4, -0.2) is 11.8 Å².